The van der Waals surface area contributed by atoms with E-state index in [2.05, 4.69) is 5.32 Å². The Balaban J connectivity index is 1.70. The van der Waals surface area contributed by atoms with Gasteiger partial charge in [0.05, 0.1) is 29.0 Å². The molecule has 0 spiro atoms. The molecule has 3 rings (SSSR count). The molecule has 2 aliphatic rings. The summed E-state index contributed by atoms with van der Waals surface area (Å²) in [5.41, 5.74) is 0.181. The Kier molecular flexibility index (Phi) is 6.56. The van der Waals surface area contributed by atoms with Crippen LogP contribution in [0.15, 0.2) is 18.2 Å². The van der Waals surface area contributed by atoms with Gasteiger partial charge in [0.2, 0.25) is 15.9 Å². The minimum atomic E-state index is -3.83. The average Bonchev–Trinajstić information content (AvgIpc) is 2.90. The Morgan fingerprint density at radius 3 is 2.50 bits per heavy atom. The zero-order valence-corrected chi connectivity index (χ0v) is 18.3. The van der Waals surface area contributed by atoms with Crippen LogP contribution in [-0.4, -0.2) is 62.7 Å². The first-order chi connectivity index (χ1) is 14.1. The summed E-state index contributed by atoms with van der Waals surface area (Å²) in [5.74, 6) is -1.94. The molecule has 30 heavy (non-hydrogen) atoms. The van der Waals surface area contributed by atoms with Gasteiger partial charge in [-0.1, -0.05) is 18.5 Å². The molecule has 3 amide bonds. The number of halogens is 1. The summed E-state index contributed by atoms with van der Waals surface area (Å²) < 4.78 is 30.4. The summed E-state index contributed by atoms with van der Waals surface area (Å²) in [7, 11) is -3.83. The van der Waals surface area contributed by atoms with E-state index in [9.17, 15) is 22.8 Å². The van der Waals surface area contributed by atoms with Gasteiger partial charge in [0, 0.05) is 24.7 Å². The van der Waals surface area contributed by atoms with Crippen molar-refractivity contribution in [1.82, 2.24) is 10.2 Å². The number of amides is 3. The lowest BCUT2D eigenvalue weighted by molar-refractivity contribution is -0.119. The SMILES string of the molecule is CCOC(=O)N1CCC(NC(=O)c2ccc(Cl)c(N3C(=O)C(C)CS3(=O)=O)c2)CC1. The van der Waals surface area contributed by atoms with Gasteiger partial charge in [-0.25, -0.2) is 17.5 Å². The number of ether oxygens (including phenoxy) is 1. The fourth-order valence-electron chi connectivity index (χ4n) is 3.57. The van der Waals surface area contributed by atoms with Crippen LogP contribution < -0.4 is 9.62 Å². The second-order valence-corrected chi connectivity index (χ2v) is 9.65. The van der Waals surface area contributed by atoms with Crippen LogP contribution in [0.4, 0.5) is 10.5 Å². The van der Waals surface area contributed by atoms with Crippen molar-refractivity contribution < 1.29 is 27.5 Å². The normalized spacial score (nSPS) is 21.6. The van der Waals surface area contributed by atoms with Gasteiger partial charge in [-0.15, -0.1) is 0 Å². The molecule has 0 bridgehead atoms. The fraction of sp³-hybridized carbons (Fsp3) is 0.526. The van der Waals surface area contributed by atoms with Crippen molar-refractivity contribution >= 4 is 45.2 Å². The van der Waals surface area contributed by atoms with E-state index in [-0.39, 0.29) is 34.2 Å². The number of hydrogen-bond acceptors (Lipinski definition) is 6. The topological polar surface area (TPSA) is 113 Å². The van der Waals surface area contributed by atoms with Crippen molar-refractivity contribution in [3.05, 3.63) is 28.8 Å². The zero-order valence-electron chi connectivity index (χ0n) is 16.8. The molecular weight excluding hydrogens is 434 g/mol. The van der Waals surface area contributed by atoms with E-state index in [1.54, 1.807) is 11.8 Å². The summed E-state index contributed by atoms with van der Waals surface area (Å²) >= 11 is 6.15. The van der Waals surface area contributed by atoms with Crippen LogP contribution in [0, 0.1) is 5.92 Å². The summed E-state index contributed by atoms with van der Waals surface area (Å²) in [6.45, 7) is 4.52. The number of piperidine rings is 1. The lowest BCUT2D eigenvalue weighted by Crippen LogP contribution is -2.46. The van der Waals surface area contributed by atoms with E-state index in [1.165, 1.54) is 25.1 Å². The number of rotatable bonds is 4. The number of likely N-dealkylation sites (tertiary alicyclic amines) is 1. The van der Waals surface area contributed by atoms with Gasteiger partial charge in [-0.2, -0.15) is 0 Å². The third kappa shape index (κ3) is 4.54. The van der Waals surface area contributed by atoms with Crippen molar-refractivity contribution in [3.8, 4) is 0 Å². The van der Waals surface area contributed by atoms with E-state index in [4.69, 9.17) is 16.3 Å². The van der Waals surface area contributed by atoms with E-state index in [0.29, 0.717) is 36.8 Å². The molecule has 0 radical (unpaired) electrons. The number of benzene rings is 1. The third-order valence-electron chi connectivity index (χ3n) is 5.14. The largest absolute Gasteiger partial charge is 0.450 e. The molecule has 1 unspecified atom stereocenters. The molecule has 1 atom stereocenters. The van der Waals surface area contributed by atoms with Crippen LogP contribution in [0.5, 0.6) is 0 Å². The molecule has 2 fully saturated rings. The van der Waals surface area contributed by atoms with E-state index >= 15 is 0 Å². The maximum Gasteiger partial charge on any atom is 0.409 e. The van der Waals surface area contributed by atoms with E-state index in [0.717, 1.165) is 0 Å². The third-order valence-corrected chi connectivity index (χ3v) is 7.32. The smallest absolute Gasteiger partial charge is 0.409 e. The Hall–Kier alpha value is -2.33. The van der Waals surface area contributed by atoms with E-state index in [1.807, 2.05) is 0 Å². The molecule has 0 saturated carbocycles. The van der Waals surface area contributed by atoms with Crippen LogP contribution in [-0.2, 0) is 19.6 Å². The summed E-state index contributed by atoms with van der Waals surface area (Å²) in [6.07, 6.45) is 0.776. The number of carbonyl (C=O) groups excluding carboxylic acids is 3. The molecule has 1 N–H and O–H groups in total. The Labute approximate surface area is 180 Å². The van der Waals surface area contributed by atoms with Crippen LogP contribution in [0.3, 0.4) is 0 Å². The molecule has 1 aromatic carbocycles. The van der Waals surface area contributed by atoms with Gasteiger partial charge in [0.1, 0.15) is 0 Å². The molecule has 2 aliphatic heterocycles. The van der Waals surface area contributed by atoms with Gasteiger partial charge >= 0.3 is 6.09 Å². The van der Waals surface area contributed by atoms with Crippen molar-refractivity contribution in [2.45, 2.75) is 32.7 Å². The summed E-state index contributed by atoms with van der Waals surface area (Å²) in [5, 5.41) is 2.96. The second-order valence-electron chi connectivity index (χ2n) is 7.38. The molecule has 0 aliphatic carbocycles. The number of nitrogens with one attached hydrogen (secondary N) is 1. The van der Waals surface area contributed by atoms with Crippen LogP contribution in [0.25, 0.3) is 0 Å². The summed E-state index contributed by atoms with van der Waals surface area (Å²) in [6, 6.07) is 4.06. The lowest BCUT2D eigenvalue weighted by atomic mass is 10.0. The van der Waals surface area contributed by atoms with E-state index < -0.39 is 27.8 Å². The first kappa shape index (κ1) is 22.4. The highest BCUT2D eigenvalue weighted by Gasteiger charge is 2.43. The Morgan fingerprint density at radius 2 is 1.93 bits per heavy atom. The number of nitrogens with zero attached hydrogens (tertiary/aromatic N) is 2. The maximum absolute atomic E-state index is 12.7. The van der Waals surface area contributed by atoms with Crippen molar-refractivity contribution in [1.29, 1.82) is 0 Å². The van der Waals surface area contributed by atoms with Crippen molar-refractivity contribution in [3.63, 3.8) is 0 Å². The van der Waals surface area contributed by atoms with Gasteiger partial charge in [0.25, 0.3) is 5.91 Å². The van der Waals surface area contributed by atoms with Crippen molar-refractivity contribution in [2.75, 3.05) is 29.8 Å². The monoisotopic (exact) mass is 457 g/mol. The maximum atomic E-state index is 12.7. The molecule has 9 nitrogen and oxygen atoms in total. The molecule has 2 saturated heterocycles. The summed E-state index contributed by atoms with van der Waals surface area (Å²) in [4.78, 5) is 38.4. The Bertz CT molecular complexity index is 959. The quantitative estimate of drug-likeness (QED) is 0.739. The van der Waals surface area contributed by atoms with Gasteiger partial charge in [-0.3, -0.25) is 9.59 Å². The van der Waals surface area contributed by atoms with Gasteiger partial charge < -0.3 is 15.0 Å². The lowest BCUT2D eigenvalue weighted by Gasteiger charge is -2.31. The van der Waals surface area contributed by atoms with Crippen LogP contribution >= 0.6 is 11.6 Å². The number of hydrogen-bond donors (Lipinski definition) is 1. The fourth-order valence-corrected chi connectivity index (χ4v) is 5.65. The standard InChI is InChI=1S/C19H24ClN3O6S/c1-3-29-19(26)22-8-6-14(7-9-22)21-17(24)13-4-5-15(20)16(10-13)23-18(25)12(2)11-30(23,27)28/h4-5,10,12,14H,3,6-9,11H2,1-2H3,(H,21,24). The van der Waals surface area contributed by atoms with Gasteiger partial charge in [0.15, 0.2) is 0 Å². The molecular formula is C19H24ClN3O6S. The average molecular weight is 458 g/mol. The minimum Gasteiger partial charge on any atom is -0.450 e. The predicted octanol–water partition coefficient (Wildman–Crippen LogP) is 2.00. The molecule has 164 valence electrons. The highest BCUT2D eigenvalue weighted by Crippen LogP contribution is 2.34. The minimum absolute atomic E-state index is 0.0178. The highest BCUT2D eigenvalue weighted by molar-refractivity contribution is 7.94. The molecule has 1 aromatic rings. The highest BCUT2D eigenvalue weighted by atomic mass is 35.5. The second kappa shape index (κ2) is 8.81. The first-order valence-corrected chi connectivity index (χ1v) is 11.7. The Morgan fingerprint density at radius 1 is 1.27 bits per heavy atom. The number of sulfonamides is 1. The number of carbonyl (C=O) groups is 3. The van der Waals surface area contributed by atoms with Gasteiger partial charge in [-0.05, 0) is 38.0 Å². The number of anilines is 1. The predicted molar refractivity (Wildman–Crippen MR) is 111 cm³/mol. The van der Waals surface area contributed by atoms with Crippen molar-refractivity contribution in [2.24, 2.45) is 5.92 Å². The molecule has 2 heterocycles. The van der Waals surface area contributed by atoms with Crippen LogP contribution in [0.1, 0.15) is 37.0 Å². The molecule has 0 aromatic heterocycles. The van der Waals surface area contributed by atoms with Crippen LogP contribution in [0.2, 0.25) is 5.02 Å². The first-order valence-electron chi connectivity index (χ1n) is 9.73. The zero-order chi connectivity index (χ0) is 22.1. The molecule has 11 heteroatoms.